The summed E-state index contributed by atoms with van der Waals surface area (Å²) in [7, 11) is 1.70. The Morgan fingerprint density at radius 2 is 1.21 bits per heavy atom. The van der Waals surface area contributed by atoms with Gasteiger partial charge in [0.15, 0.2) is 0 Å². The number of carbonyl (C=O) groups is 8. The highest BCUT2D eigenvalue weighted by atomic mass is 127. The van der Waals surface area contributed by atoms with Gasteiger partial charge in [-0.3, -0.25) is 67.8 Å². The molecule has 3 aliphatic rings. The number of aryl methyl sites for hydroxylation is 1. The molecule has 72 heavy (non-hydrogen) atoms. The van der Waals surface area contributed by atoms with Crippen molar-refractivity contribution >= 4 is 81.8 Å². The van der Waals surface area contributed by atoms with Gasteiger partial charge >= 0.3 is 17.9 Å². The summed E-state index contributed by atoms with van der Waals surface area (Å²) in [6, 6.07) is 8.23. The number of carboxylic acids is 3. The monoisotopic (exact) mass is 1140 g/mol. The molecule has 21 nitrogen and oxygen atoms in total. The molecule has 0 aliphatic carbocycles. The maximum atomic E-state index is 13.8. The van der Waals surface area contributed by atoms with Crippen molar-refractivity contribution in [3.8, 4) is 0 Å². The van der Waals surface area contributed by atoms with Crippen molar-refractivity contribution in [2.24, 2.45) is 0 Å². The number of carbonyl (C=O) groups excluding carboxylic acids is 5. The van der Waals surface area contributed by atoms with Gasteiger partial charge in [0.2, 0.25) is 29.5 Å². The van der Waals surface area contributed by atoms with E-state index in [0.717, 1.165) is 55.5 Å². The van der Waals surface area contributed by atoms with Crippen LogP contribution >= 0.6 is 34.4 Å². The van der Waals surface area contributed by atoms with Crippen LogP contribution in [0.25, 0.3) is 0 Å². The first-order valence-electron chi connectivity index (χ1n) is 25.4. The van der Waals surface area contributed by atoms with E-state index < -0.39 is 23.2 Å². The number of halogens is 1. The SMILES string of the molecule is COCCCCN1CCN(C(=O)CCCN2C(=O)CC(SC(CCCCNC(=O)CCCc3ccc(I)cc3)CNC(=O)CN3CCN(CC(=O)O)CCN(CC(=O)O)CCN(CC(=O)O)CC3)C2=O)CC1. The first-order valence-corrected chi connectivity index (χ1v) is 27.4. The number of hydrogen-bond acceptors (Lipinski definition) is 15. The highest BCUT2D eigenvalue weighted by molar-refractivity contribution is 14.1. The summed E-state index contributed by atoms with van der Waals surface area (Å²) in [6.45, 7) is 6.59. The van der Waals surface area contributed by atoms with Gasteiger partial charge in [0, 0.05) is 140 Å². The second kappa shape index (κ2) is 33.8. The molecule has 2 unspecified atom stereocenters. The molecule has 1 aromatic carbocycles. The number of nitrogens with zero attached hydrogens (tertiary/aromatic N) is 7. The van der Waals surface area contributed by atoms with Crippen molar-refractivity contribution in [3.05, 3.63) is 33.4 Å². The number of imide groups is 1. The van der Waals surface area contributed by atoms with Gasteiger partial charge in [-0.1, -0.05) is 18.6 Å². The van der Waals surface area contributed by atoms with Crippen molar-refractivity contribution in [2.75, 3.05) is 145 Å². The van der Waals surface area contributed by atoms with Crippen LogP contribution in [0.4, 0.5) is 0 Å². The normalized spacial score (nSPS) is 18.9. The number of benzene rings is 1. The number of amides is 5. The average Bonchev–Trinajstić information content (AvgIpc) is 3.60. The van der Waals surface area contributed by atoms with Crippen molar-refractivity contribution in [3.63, 3.8) is 0 Å². The van der Waals surface area contributed by atoms with Gasteiger partial charge in [-0.25, -0.2) is 0 Å². The van der Waals surface area contributed by atoms with E-state index in [0.29, 0.717) is 51.7 Å². The zero-order chi connectivity index (χ0) is 52.3. The summed E-state index contributed by atoms with van der Waals surface area (Å²) in [5, 5.41) is 33.8. The van der Waals surface area contributed by atoms with Gasteiger partial charge < -0.3 is 35.6 Å². The third kappa shape index (κ3) is 24.4. The Bertz CT molecular complexity index is 1860. The highest BCUT2D eigenvalue weighted by Crippen LogP contribution is 2.31. The lowest BCUT2D eigenvalue weighted by Crippen LogP contribution is -2.50. The predicted octanol–water partition coefficient (Wildman–Crippen LogP) is 1.07. The molecule has 0 bridgehead atoms. The molecular weight excluding hydrogens is 1070 g/mol. The number of piperazine rings is 1. The molecule has 5 N–H and O–H groups in total. The highest BCUT2D eigenvalue weighted by Gasteiger charge is 2.40. The van der Waals surface area contributed by atoms with Crippen molar-refractivity contribution in [2.45, 2.75) is 81.1 Å². The molecular formula is C49H78IN9O12S. The topological polar surface area (TPSA) is 253 Å². The molecule has 3 aliphatic heterocycles. The van der Waals surface area contributed by atoms with Gasteiger partial charge in [-0.2, -0.15) is 0 Å². The molecule has 3 heterocycles. The van der Waals surface area contributed by atoms with Crippen LogP contribution < -0.4 is 10.6 Å². The molecule has 0 saturated carbocycles. The van der Waals surface area contributed by atoms with Crippen LogP contribution in [0, 0.1) is 3.57 Å². The Morgan fingerprint density at radius 3 is 1.76 bits per heavy atom. The molecule has 404 valence electrons. The van der Waals surface area contributed by atoms with Crippen LogP contribution in [-0.4, -0.2) is 252 Å². The Balaban J connectivity index is 1.33. The van der Waals surface area contributed by atoms with E-state index in [9.17, 15) is 53.7 Å². The molecule has 3 saturated heterocycles. The van der Waals surface area contributed by atoms with E-state index in [4.69, 9.17) is 4.74 Å². The van der Waals surface area contributed by atoms with Gasteiger partial charge in [-0.05, 0) is 91.8 Å². The number of nitrogens with one attached hydrogen (secondary N) is 2. The van der Waals surface area contributed by atoms with E-state index in [1.165, 1.54) is 22.2 Å². The van der Waals surface area contributed by atoms with E-state index >= 15 is 0 Å². The number of methoxy groups -OCH3 is 1. The third-order valence-corrected chi connectivity index (χ3v) is 15.3. The van der Waals surface area contributed by atoms with Crippen LogP contribution in [0.15, 0.2) is 24.3 Å². The number of aliphatic carboxylic acids is 3. The van der Waals surface area contributed by atoms with Crippen LogP contribution in [-0.2, 0) is 49.5 Å². The molecule has 2 atom stereocenters. The van der Waals surface area contributed by atoms with Crippen LogP contribution in [0.1, 0.15) is 69.8 Å². The van der Waals surface area contributed by atoms with Crippen molar-refractivity contribution in [1.29, 1.82) is 0 Å². The average molecular weight is 1140 g/mol. The minimum atomic E-state index is -1.05. The first kappa shape index (κ1) is 60.6. The van der Waals surface area contributed by atoms with E-state index in [1.54, 1.807) is 21.8 Å². The zero-order valence-electron chi connectivity index (χ0n) is 42.0. The fourth-order valence-electron chi connectivity index (χ4n) is 8.98. The molecule has 0 aromatic heterocycles. The molecule has 0 radical (unpaired) electrons. The summed E-state index contributed by atoms with van der Waals surface area (Å²) in [4.78, 5) is 114. The van der Waals surface area contributed by atoms with Gasteiger partial charge in [-0.15, -0.1) is 11.8 Å². The largest absolute Gasteiger partial charge is 0.480 e. The Morgan fingerprint density at radius 1 is 0.653 bits per heavy atom. The zero-order valence-corrected chi connectivity index (χ0v) is 45.0. The van der Waals surface area contributed by atoms with E-state index in [2.05, 4.69) is 50.3 Å². The number of ether oxygens (including phenoxy) is 1. The maximum absolute atomic E-state index is 13.8. The second-order valence-electron chi connectivity index (χ2n) is 18.8. The summed E-state index contributed by atoms with van der Waals surface area (Å²) in [6.07, 6.45) is 6.50. The Hall–Kier alpha value is -3.98. The fraction of sp³-hybridized carbons (Fsp3) is 0.714. The molecule has 0 spiro atoms. The Kier molecular flexibility index (Phi) is 28.4. The third-order valence-electron chi connectivity index (χ3n) is 13.1. The number of thioether (sulfide) groups is 1. The van der Waals surface area contributed by atoms with Gasteiger partial charge in [0.05, 0.1) is 31.4 Å². The number of likely N-dealkylation sites (tertiary alicyclic amines) is 1. The summed E-state index contributed by atoms with van der Waals surface area (Å²) < 4.78 is 6.30. The lowest BCUT2D eigenvalue weighted by atomic mass is 10.1. The quantitative estimate of drug-likeness (QED) is 0.0411. The lowest BCUT2D eigenvalue weighted by molar-refractivity contribution is -0.140. The van der Waals surface area contributed by atoms with Crippen LogP contribution in [0.5, 0.6) is 0 Å². The number of rotatable bonds is 30. The minimum absolute atomic E-state index is 0.00797. The molecule has 23 heteroatoms. The number of carboxylic acid groups (broad SMARTS) is 3. The number of hydrogen-bond donors (Lipinski definition) is 5. The van der Waals surface area contributed by atoms with E-state index in [-0.39, 0.29) is 139 Å². The first-order chi connectivity index (χ1) is 34.6. The molecule has 5 amide bonds. The molecule has 4 rings (SSSR count). The van der Waals surface area contributed by atoms with Crippen LogP contribution in [0.2, 0.25) is 0 Å². The predicted molar refractivity (Wildman–Crippen MR) is 281 cm³/mol. The fourth-order valence-corrected chi connectivity index (χ4v) is 10.8. The second-order valence-corrected chi connectivity index (χ2v) is 21.5. The van der Waals surface area contributed by atoms with Crippen molar-refractivity contribution < 1.29 is 58.4 Å². The standard InChI is InChI=1S/C49H78IN9O12S/c1-71-31-5-4-17-53-27-29-58(30-28-53)44(62)11-7-18-59-45(63)32-41(49(59)70)72-40(9-2-3-16-51-42(60)10-6-8-38-12-14-39(50)15-13-38)33-52-43(61)34-54-19-21-55(35-46(64)65)23-25-57(37-48(68)69)26-24-56(22-20-54)36-47(66)67/h12-15,40-41H,2-11,16-37H2,1H3,(H,51,60)(H,52,61)(H,64,65)(H,66,67)(H,68,69). The van der Waals surface area contributed by atoms with Crippen LogP contribution in [0.3, 0.4) is 0 Å². The van der Waals surface area contributed by atoms with Crippen molar-refractivity contribution in [1.82, 2.24) is 44.9 Å². The minimum Gasteiger partial charge on any atom is -0.480 e. The Labute approximate surface area is 442 Å². The number of unbranched alkanes of at least 4 members (excludes halogenated alkanes) is 2. The summed E-state index contributed by atoms with van der Waals surface area (Å²) in [5.74, 6) is -4.08. The van der Waals surface area contributed by atoms with Gasteiger partial charge in [0.25, 0.3) is 0 Å². The summed E-state index contributed by atoms with van der Waals surface area (Å²) >= 11 is 3.61. The van der Waals surface area contributed by atoms with E-state index in [1.807, 2.05) is 21.9 Å². The lowest BCUT2D eigenvalue weighted by Gasteiger charge is -2.35. The smallest absolute Gasteiger partial charge is 0.317 e. The molecule has 1 aromatic rings. The molecule has 3 fully saturated rings. The maximum Gasteiger partial charge on any atom is 0.317 e. The summed E-state index contributed by atoms with van der Waals surface area (Å²) in [5.41, 5.74) is 1.18. The van der Waals surface area contributed by atoms with Gasteiger partial charge in [0.1, 0.15) is 0 Å².